The monoisotopic (exact) mass is 767 g/mol. The molecule has 52 heavy (non-hydrogen) atoms. The largest absolute Gasteiger partial charge is 0.510 e. The second kappa shape index (κ2) is 17.8. The third-order valence-corrected chi connectivity index (χ3v) is 9.78. The summed E-state index contributed by atoms with van der Waals surface area (Å²) in [5.74, 6) is -1.88. The lowest BCUT2D eigenvalue weighted by atomic mass is 10.1. The zero-order chi connectivity index (χ0) is 38.2. The van der Waals surface area contributed by atoms with Gasteiger partial charge in [-0.1, -0.05) is 29.8 Å². The summed E-state index contributed by atoms with van der Waals surface area (Å²) in [7, 11) is -4.46. The van der Waals surface area contributed by atoms with Crippen molar-refractivity contribution >= 4 is 65.3 Å². The zero-order valence-electron chi connectivity index (χ0n) is 29.2. The van der Waals surface area contributed by atoms with Gasteiger partial charge < -0.3 is 33.7 Å². The summed E-state index contributed by atoms with van der Waals surface area (Å²) in [6.07, 6.45) is -0.828. The molecule has 0 aliphatic carbocycles. The highest BCUT2D eigenvalue weighted by Gasteiger charge is 2.35. The molecule has 1 fully saturated rings. The molecule has 4 rings (SSSR count). The number of aromatic nitrogens is 1. The summed E-state index contributed by atoms with van der Waals surface area (Å²) in [6, 6.07) is 7.81. The van der Waals surface area contributed by atoms with Crippen molar-refractivity contribution in [3.63, 3.8) is 0 Å². The Labute approximate surface area is 304 Å². The van der Waals surface area contributed by atoms with E-state index in [2.05, 4.69) is 5.32 Å². The molecule has 1 aliphatic rings. The molecule has 0 bridgehead atoms. The van der Waals surface area contributed by atoms with Crippen molar-refractivity contribution in [2.75, 3.05) is 20.1 Å². The number of likely N-dealkylation sites (tertiary alicyclic amines) is 1. The first kappa shape index (κ1) is 40.3. The van der Waals surface area contributed by atoms with Crippen LogP contribution in [0.5, 0.6) is 0 Å². The number of Topliss-reactive ketones (excluding diaryl/α,β-unsaturated/α-hetero) is 1. The van der Waals surface area contributed by atoms with Gasteiger partial charge in [0.25, 0.3) is 0 Å². The summed E-state index contributed by atoms with van der Waals surface area (Å²) >= 11 is 5.85. The molecule has 1 atom stereocenters. The molecule has 2 heterocycles. The fraction of sp³-hybridized carbons (Fsp3) is 0.441. The van der Waals surface area contributed by atoms with Crippen LogP contribution in [0.25, 0.3) is 10.9 Å². The molecule has 15 nitrogen and oxygen atoms in total. The first-order valence-corrected chi connectivity index (χ1v) is 18.2. The van der Waals surface area contributed by atoms with Crippen LogP contribution in [-0.4, -0.2) is 77.8 Å². The molecule has 18 heteroatoms. The van der Waals surface area contributed by atoms with Crippen LogP contribution in [0, 0.1) is 5.82 Å². The lowest BCUT2D eigenvalue weighted by Crippen LogP contribution is -2.46. The number of nitrogens with one attached hydrogen (secondary N) is 1. The van der Waals surface area contributed by atoms with Gasteiger partial charge in [0.2, 0.25) is 25.4 Å². The fourth-order valence-electron chi connectivity index (χ4n) is 5.35. The number of nitrogens with zero attached hydrogens (tertiary/aromatic N) is 2. The molecular weight excluding hydrogens is 728 g/mol. The van der Waals surface area contributed by atoms with Crippen molar-refractivity contribution < 1.29 is 60.9 Å². The van der Waals surface area contributed by atoms with Crippen LogP contribution in [0.3, 0.4) is 0 Å². The molecule has 282 valence electrons. The second-order valence-electron chi connectivity index (χ2n) is 12.2. The van der Waals surface area contributed by atoms with Gasteiger partial charge in [0.1, 0.15) is 18.4 Å². The Morgan fingerprint density at radius 3 is 2.21 bits per heavy atom. The van der Waals surface area contributed by atoms with E-state index in [9.17, 15) is 32.9 Å². The molecule has 2 amide bonds. The van der Waals surface area contributed by atoms with Gasteiger partial charge in [0, 0.05) is 35.8 Å². The minimum atomic E-state index is -4.46. The maximum absolute atomic E-state index is 14.4. The lowest BCUT2D eigenvalue weighted by molar-refractivity contribution is -0.138. The Morgan fingerprint density at radius 1 is 0.981 bits per heavy atom. The van der Waals surface area contributed by atoms with Crippen molar-refractivity contribution in [2.24, 2.45) is 0 Å². The van der Waals surface area contributed by atoms with Gasteiger partial charge in [0.15, 0.2) is 5.78 Å². The predicted octanol–water partition coefficient (Wildman–Crippen LogP) is 5.83. The Morgan fingerprint density at radius 2 is 1.62 bits per heavy atom. The third-order valence-electron chi connectivity index (χ3n) is 7.69. The molecular formula is C34H40ClFN3O12P. The molecule has 1 aliphatic heterocycles. The summed E-state index contributed by atoms with van der Waals surface area (Å²) in [6.45, 7) is 5.80. The Balaban J connectivity index is 1.58. The molecule has 1 saturated heterocycles. The molecule has 0 spiro atoms. The van der Waals surface area contributed by atoms with E-state index in [-0.39, 0.29) is 52.4 Å². The first-order valence-electron chi connectivity index (χ1n) is 16.3. The summed E-state index contributed by atoms with van der Waals surface area (Å²) in [5.41, 5.74) is 0.725. The second-order valence-corrected chi connectivity index (χ2v) is 14.7. The van der Waals surface area contributed by atoms with Crippen molar-refractivity contribution in [1.82, 2.24) is 14.8 Å². The first-order chi connectivity index (χ1) is 24.6. The van der Waals surface area contributed by atoms with E-state index in [0.29, 0.717) is 18.2 Å². The van der Waals surface area contributed by atoms with E-state index >= 15 is 0 Å². The van der Waals surface area contributed by atoms with Crippen molar-refractivity contribution in [3.8, 4) is 0 Å². The van der Waals surface area contributed by atoms with Crippen molar-refractivity contribution in [1.29, 1.82) is 0 Å². The number of ketones is 1. The maximum Gasteiger partial charge on any atom is 0.510 e. The Hall–Kier alpha value is -4.50. The van der Waals surface area contributed by atoms with Gasteiger partial charge in [-0.15, -0.1) is 0 Å². The molecule has 2 aromatic carbocycles. The van der Waals surface area contributed by atoms with E-state index in [1.807, 2.05) is 0 Å². The number of fused-ring (bicyclic) bond motifs is 1. The summed E-state index contributed by atoms with van der Waals surface area (Å²) in [5, 5.41) is 2.90. The lowest BCUT2D eigenvalue weighted by Gasteiger charge is -2.24. The van der Waals surface area contributed by atoms with Gasteiger partial charge in [-0.25, -0.2) is 14.0 Å². The molecule has 1 N–H and O–H groups in total. The number of carbonyl (C=O) groups is 5. The standard InChI is InChI=1S/C34H40ClFN3O12P/c1-20(2)50-33(43)46-18-48-52(45,49-19-47-34(44)51-21(3)4)24-11-12-25-26(22(5)40)16-38(29(25)14-24)17-30(41)39-13-7-10-28(39)32(42)37-15-23-8-6-9-27(35)31(23)36/h6,8-9,11-12,14,16,20-21,28H,7,10,13,15,17-19H2,1-5H3,(H,37,42)/t28-/m0/s1. The van der Waals surface area contributed by atoms with Crippen LogP contribution in [-0.2, 0) is 55.2 Å². The Bertz CT molecular complexity index is 1830. The minimum Gasteiger partial charge on any atom is -0.432 e. The predicted molar refractivity (Wildman–Crippen MR) is 184 cm³/mol. The number of benzene rings is 2. The smallest absolute Gasteiger partial charge is 0.432 e. The van der Waals surface area contributed by atoms with E-state index in [0.717, 1.165) is 0 Å². The third kappa shape index (κ3) is 10.3. The van der Waals surface area contributed by atoms with Gasteiger partial charge in [-0.05, 0) is 65.7 Å². The van der Waals surface area contributed by atoms with Crippen LogP contribution in [0.15, 0.2) is 42.6 Å². The van der Waals surface area contributed by atoms with E-state index < -0.39 is 69.4 Å². The number of amides is 2. The zero-order valence-corrected chi connectivity index (χ0v) is 30.9. The highest BCUT2D eigenvalue weighted by atomic mass is 35.5. The maximum atomic E-state index is 14.4. The number of carbonyl (C=O) groups excluding carboxylic acids is 5. The Kier molecular flexibility index (Phi) is 13.8. The normalized spacial score (nSPS) is 14.5. The fourth-order valence-corrected chi connectivity index (χ4v) is 6.84. The van der Waals surface area contributed by atoms with Gasteiger partial charge >= 0.3 is 19.9 Å². The molecule has 0 saturated carbocycles. The molecule has 0 radical (unpaired) electrons. The average molecular weight is 768 g/mol. The van der Waals surface area contributed by atoms with Gasteiger partial charge in [0.05, 0.1) is 28.1 Å². The number of halogens is 2. The van der Waals surface area contributed by atoms with Crippen LogP contribution in [0.4, 0.5) is 14.0 Å². The van der Waals surface area contributed by atoms with Crippen molar-refractivity contribution in [3.05, 3.63) is 64.6 Å². The average Bonchev–Trinajstić information content (AvgIpc) is 3.70. The molecule has 3 aromatic rings. The van der Waals surface area contributed by atoms with Crippen LogP contribution >= 0.6 is 19.2 Å². The van der Waals surface area contributed by atoms with E-state index in [1.165, 1.54) is 52.9 Å². The van der Waals surface area contributed by atoms with Gasteiger partial charge in [-0.3, -0.25) is 28.0 Å². The number of rotatable bonds is 15. The number of hydrogen-bond donors (Lipinski definition) is 1. The van der Waals surface area contributed by atoms with Crippen LogP contribution in [0.2, 0.25) is 5.02 Å². The van der Waals surface area contributed by atoms with Crippen LogP contribution < -0.4 is 10.6 Å². The van der Waals surface area contributed by atoms with Gasteiger partial charge in [-0.2, -0.15) is 0 Å². The summed E-state index contributed by atoms with van der Waals surface area (Å²) in [4.78, 5) is 64.7. The van der Waals surface area contributed by atoms with E-state index in [4.69, 9.17) is 39.6 Å². The topological polar surface area (TPSA) is 178 Å². The molecule has 0 unspecified atom stereocenters. The number of hydrogen-bond acceptors (Lipinski definition) is 12. The highest BCUT2D eigenvalue weighted by Crippen LogP contribution is 2.47. The van der Waals surface area contributed by atoms with Crippen LogP contribution in [0.1, 0.15) is 63.4 Å². The SMILES string of the molecule is CC(=O)c1cn(CC(=O)N2CCC[C@H]2C(=O)NCc2cccc(Cl)c2F)c2cc(P(=O)(OCOC(=O)OC(C)C)OCOC(=O)OC(C)C)ccc12. The number of ether oxygens (including phenoxy) is 4. The van der Waals surface area contributed by atoms with E-state index in [1.54, 1.807) is 33.8 Å². The minimum absolute atomic E-state index is 0.0784. The van der Waals surface area contributed by atoms with Crippen molar-refractivity contribution in [2.45, 2.75) is 78.8 Å². The molecule has 1 aromatic heterocycles. The summed E-state index contributed by atoms with van der Waals surface area (Å²) < 4.78 is 60.3. The quantitative estimate of drug-likeness (QED) is 0.0848. The highest BCUT2D eigenvalue weighted by molar-refractivity contribution is 7.62.